The number of aryl methyl sites for hydroxylation is 3. The van der Waals surface area contributed by atoms with Gasteiger partial charge >= 0.3 is 0 Å². The Morgan fingerprint density at radius 3 is 2.61 bits per heavy atom. The summed E-state index contributed by atoms with van der Waals surface area (Å²) in [6.07, 6.45) is 7.88. The lowest BCUT2D eigenvalue weighted by Gasteiger charge is -2.25. The first-order chi connectivity index (χ1) is 16.1. The number of hydrogen-bond donors (Lipinski definition) is 1. The van der Waals surface area contributed by atoms with Gasteiger partial charge in [0.05, 0.1) is 35.5 Å². The molecule has 174 valence electrons. The molecule has 0 saturated carbocycles. The van der Waals surface area contributed by atoms with Crippen LogP contribution in [0, 0.1) is 6.92 Å². The third kappa shape index (κ3) is 4.03. The normalized spacial score (nSPS) is 21.5. The highest BCUT2D eigenvalue weighted by Crippen LogP contribution is 2.30. The van der Waals surface area contributed by atoms with Crippen LogP contribution in [0.4, 0.5) is 15.9 Å². The Morgan fingerprint density at radius 1 is 1.06 bits per heavy atom. The zero-order chi connectivity index (χ0) is 22.4. The number of ether oxygens (including phenoxy) is 1. The van der Waals surface area contributed by atoms with E-state index < -0.39 is 6.17 Å². The summed E-state index contributed by atoms with van der Waals surface area (Å²) < 4.78 is 21.3. The molecule has 0 radical (unpaired) electrons. The Hall–Kier alpha value is -2.81. The molecule has 0 bridgehead atoms. The Labute approximate surface area is 192 Å². The number of nitrogens with one attached hydrogen (secondary N) is 1. The predicted molar refractivity (Wildman–Crippen MR) is 125 cm³/mol. The molecule has 0 aromatic carbocycles. The van der Waals surface area contributed by atoms with Crippen LogP contribution in [0.25, 0.3) is 17.0 Å². The van der Waals surface area contributed by atoms with Gasteiger partial charge in [-0.1, -0.05) is 0 Å². The molecule has 2 aliphatic heterocycles. The highest BCUT2D eigenvalue weighted by atomic mass is 19.1. The highest BCUT2D eigenvalue weighted by molar-refractivity contribution is 5.74. The molecule has 6 rings (SSSR count). The summed E-state index contributed by atoms with van der Waals surface area (Å²) in [7, 11) is 0. The van der Waals surface area contributed by atoms with E-state index in [1.165, 1.54) is 6.42 Å². The molecular formula is C24H30FN7O. The number of hydrogen-bond acceptors (Lipinski definition) is 7. The molecule has 1 N–H and O–H groups in total. The summed E-state index contributed by atoms with van der Waals surface area (Å²) >= 11 is 0. The first kappa shape index (κ1) is 20.8. The van der Waals surface area contributed by atoms with Crippen LogP contribution in [0.2, 0.25) is 0 Å². The molecule has 2 fully saturated rings. The van der Waals surface area contributed by atoms with E-state index in [1.54, 1.807) is 0 Å². The Morgan fingerprint density at radius 2 is 1.85 bits per heavy atom. The molecule has 1 aliphatic carbocycles. The van der Waals surface area contributed by atoms with E-state index in [-0.39, 0.29) is 0 Å². The van der Waals surface area contributed by atoms with E-state index in [2.05, 4.69) is 5.32 Å². The SMILES string of the molecule is Cc1nc2c(nc1-c1cn3nc(N4CC[C@H](F)C4)cc(NC4CCOCC4)c3n1)CCCC2. The van der Waals surface area contributed by atoms with Gasteiger partial charge in [0.2, 0.25) is 0 Å². The summed E-state index contributed by atoms with van der Waals surface area (Å²) in [5.74, 6) is 0.773. The second-order valence-electron chi connectivity index (χ2n) is 9.43. The summed E-state index contributed by atoms with van der Waals surface area (Å²) in [6.45, 7) is 4.57. The van der Waals surface area contributed by atoms with Gasteiger partial charge in [0, 0.05) is 31.9 Å². The van der Waals surface area contributed by atoms with Crippen molar-refractivity contribution in [1.82, 2.24) is 24.6 Å². The summed E-state index contributed by atoms with van der Waals surface area (Å²) in [5.41, 5.74) is 6.40. The van der Waals surface area contributed by atoms with E-state index >= 15 is 0 Å². The zero-order valence-electron chi connectivity index (χ0n) is 19.1. The minimum Gasteiger partial charge on any atom is -0.381 e. The average Bonchev–Trinajstić information content (AvgIpc) is 3.45. The van der Waals surface area contributed by atoms with Crippen LogP contribution in [0.1, 0.15) is 49.2 Å². The second kappa shape index (κ2) is 8.52. The van der Waals surface area contributed by atoms with Gasteiger partial charge in [0.25, 0.3) is 0 Å². The van der Waals surface area contributed by atoms with Gasteiger partial charge < -0.3 is 15.0 Å². The lowest BCUT2D eigenvalue weighted by atomic mass is 10.00. The van der Waals surface area contributed by atoms with Crippen LogP contribution >= 0.6 is 0 Å². The number of fused-ring (bicyclic) bond motifs is 2. The number of anilines is 2. The molecule has 33 heavy (non-hydrogen) atoms. The highest BCUT2D eigenvalue weighted by Gasteiger charge is 2.26. The van der Waals surface area contributed by atoms with Gasteiger partial charge in [0.1, 0.15) is 17.6 Å². The summed E-state index contributed by atoms with van der Waals surface area (Å²) in [6, 6.07) is 2.33. The Balaban J connectivity index is 1.42. The molecule has 1 atom stereocenters. The largest absolute Gasteiger partial charge is 0.381 e. The fourth-order valence-electron chi connectivity index (χ4n) is 5.15. The number of alkyl halides is 1. The van der Waals surface area contributed by atoms with Crippen molar-refractivity contribution < 1.29 is 9.13 Å². The molecule has 3 aromatic heterocycles. The van der Waals surface area contributed by atoms with Gasteiger partial charge in [-0.3, -0.25) is 4.98 Å². The Bertz CT molecular complexity index is 1170. The van der Waals surface area contributed by atoms with Crippen molar-refractivity contribution in [1.29, 1.82) is 0 Å². The first-order valence-electron chi connectivity index (χ1n) is 12.1. The van der Waals surface area contributed by atoms with Crippen LogP contribution in [0.15, 0.2) is 12.3 Å². The van der Waals surface area contributed by atoms with Crippen molar-refractivity contribution in [3.8, 4) is 11.4 Å². The molecular weight excluding hydrogens is 421 g/mol. The maximum Gasteiger partial charge on any atom is 0.177 e. The fourth-order valence-corrected chi connectivity index (χ4v) is 5.15. The molecule has 0 unspecified atom stereocenters. The summed E-state index contributed by atoms with van der Waals surface area (Å²) in [5, 5.41) is 8.48. The molecule has 5 heterocycles. The third-order valence-corrected chi connectivity index (χ3v) is 6.99. The molecule has 2 saturated heterocycles. The lowest BCUT2D eigenvalue weighted by molar-refractivity contribution is 0.0904. The molecule has 3 aliphatic rings. The predicted octanol–water partition coefficient (Wildman–Crippen LogP) is 3.51. The number of halogens is 1. The van der Waals surface area contributed by atoms with Crippen LogP contribution in [-0.2, 0) is 17.6 Å². The number of rotatable bonds is 4. The number of nitrogens with zero attached hydrogens (tertiary/aromatic N) is 6. The van der Waals surface area contributed by atoms with Crippen molar-refractivity contribution in [2.75, 3.05) is 36.5 Å². The van der Waals surface area contributed by atoms with Gasteiger partial charge in [0.15, 0.2) is 11.5 Å². The molecule has 0 spiro atoms. The van der Waals surface area contributed by atoms with Crippen LogP contribution in [0.3, 0.4) is 0 Å². The van der Waals surface area contributed by atoms with Crippen molar-refractivity contribution in [2.24, 2.45) is 0 Å². The van der Waals surface area contributed by atoms with Crippen molar-refractivity contribution in [2.45, 2.75) is 64.1 Å². The monoisotopic (exact) mass is 451 g/mol. The number of aromatic nitrogens is 5. The van der Waals surface area contributed by atoms with E-state index in [0.717, 1.165) is 90.9 Å². The lowest BCUT2D eigenvalue weighted by Crippen LogP contribution is -2.28. The molecule has 3 aromatic rings. The van der Waals surface area contributed by atoms with Gasteiger partial charge in [-0.25, -0.2) is 18.9 Å². The fraction of sp³-hybridized carbons (Fsp3) is 0.583. The van der Waals surface area contributed by atoms with Gasteiger partial charge in [-0.05, 0) is 51.9 Å². The summed E-state index contributed by atoms with van der Waals surface area (Å²) in [4.78, 5) is 16.8. The standard InChI is InChI=1S/C24H30FN7O/c1-15-23(28-19-5-3-2-4-18(19)26-15)21-14-32-24(29-21)20(27-17-7-10-33-11-8-17)12-22(30-32)31-9-6-16(25)13-31/h12,14,16-17,27H,2-11,13H2,1H3/t16-/m0/s1. The second-order valence-corrected chi connectivity index (χ2v) is 9.43. The topological polar surface area (TPSA) is 80.5 Å². The average molecular weight is 452 g/mol. The minimum atomic E-state index is -0.804. The maximum atomic E-state index is 13.9. The van der Waals surface area contributed by atoms with Gasteiger partial charge in [-0.2, -0.15) is 0 Å². The van der Waals surface area contributed by atoms with Gasteiger partial charge in [-0.15, -0.1) is 5.10 Å². The molecule has 0 amide bonds. The maximum absolute atomic E-state index is 13.9. The molecule has 9 heteroatoms. The minimum absolute atomic E-state index is 0.315. The van der Waals surface area contributed by atoms with Crippen LogP contribution in [-0.4, -0.2) is 63.1 Å². The number of imidazole rings is 1. The smallest absolute Gasteiger partial charge is 0.177 e. The van der Waals surface area contributed by atoms with Crippen LogP contribution < -0.4 is 10.2 Å². The van der Waals surface area contributed by atoms with Crippen molar-refractivity contribution >= 4 is 17.2 Å². The van der Waals surface area contributed by atoms with Crippen molar-refractivity contribution in [3.05, 3.63) is 29.3 Å². The molecule has 8 nitrogen and oxygen atoms in total. The first-order valence-corrected chi connectivity index (χ1v) is 12.1. The zero-order valence-corrected chi connectivity index (χ0v) is 19.1. The van der Waals surface area contributed by atoms with E-state index in [0.29, 0.717) is 25.6 Å². The van der Waals surface area contributed by atoms with Crippen molar-refractivity contribution in [3.63, 3.8) is 0 Å². The van der Waals surface area contributed by atoms with E-state index in [9.17, 15) is 4.39 Å². The van der Waals surface area contributed by atoms with Crippen LogP contribution in [0.5, 0.6) is 0 Å². The quantitative estimate of drug-likeness (QED) is 0.650. The Kier molecular flexibility index (Phi) is 5.36. The third-order valence-electron chi connectivity index (χ3n) is 6.99. The van der Waals surface area contributed by atoms with E-state index in [1.807, 2.05) is 28.6 Å². The van der Waals surface area contributed by atoms with E-state index in [4.69, 9.17) is 24.8 Å².